The zero-order chi connectivity index (χ0) is 14.7. The molecule has 0 saturated heterocycles. The number of rotatable bonds is 3. The lowest BCUT2D eigenvalue weighted by molar-refractivity contribution is 0.0951. The molecule has 1 aromatic carbocycles. The Morgan fingerprint density at radius 1 is 1.10 bits per heavy atom. The van der Waals surface area contributed by atoms with E-state index in [1.165, 1.54) is 0 Å². The zero-order valence-electron chi connectivity index (χ0n) is 11.3. The van der Waals surface area contributed by atoms with Crippen LogP contribution in [0.15, 0.2) is 55.0 Å². The lowest BCUT2D eigenvalue weighted by Crippen LogP contribution is -2.22. The van der Waals surface area contributed by atoms with Crippen LogP contribution in [0.1, 0.15) is 15.9 Å². The number of anilines is 1. The summed E-state index contributed by atoms with van der Waals surface area (Å²) in [5, 5.41) is 4.81. The second-order valence-electron chi connectivity index (χ2n) is 4.67. The molecule has 5 nitrogen and oxygen atoms in total. The second-order valence-corrected chi connectivity index (χ2v) is 4.67. The minimum atomic E-state index is -0.119. The van der Waals surface area contributed by atoms with Crippen LogP contribution in [-0.4, -0.2) is 15.9 Å². The fourth-order valence-electron chi connectivity index (χ4n) is 2.15. The number of aromatic nitrogens is 2. The van der Waals surface area contributed by atoms with Gasteiger partial charge >= 0.3 is 0 Å². The number of nitrogens with one attached hydrogen (secondary N) is 1. The van der Waals surface area contributed by atoms with Crippen molar-refractivity contribution in [3.8, 4) is 0 Å². The molecule has 21 heavy (non-hydrogen) atoms. The number of nitrogen functional groups attached to an aromatic ring is 1. The molecule has 0 radical (unpaired) electrons. The summed E-state index contributed by atoms with van der Waals surface area (Å²) in [5.74, 6) is 0.395. The van der Waals surface area contributed by atoms with Gasteiger partial charge in [-0.25, -0.2) is 4.98 Å². The highest BCUT2D eigenvalue weighted by Crippen LogP contribution is 2.19. The molecule has 0 spiro atoms. The van der Waals surface area contributed by atoms with Gasteiger partial charge in [-0.05, 0) is 35.2 Å². The average molecular weight is 278 g/mol. The fourth-order valence-corrected chi connectivity index (χ4v) is 2.15. The zero-order valence-corrected chi connectivity index (χ0v) is 11.3. The van der Waals surface area contributed by atoms with Crippen molar-refractivity contribution in [2.24, 2.45) is 0 Å². The van der Waals surface area contributed by atoms with Crippen LogP contribution < -0.4 is 11.1 Å². The van der Waals surface area contributed by atoms with E-state index in [2.05, 4.69) is 15.3 Å². The number of carbonyl (C=O) groups excluding carboxylic acids is 1. The highest BCUT2D eigenvalue weighted by Gasteiger charge is 2.05. The Bertz CT molecular complexity index is 787. The summed E-state index contributed by atoms with van der Waals surface area (Å²) in [6, 6.07) is 11.1. The van der Waals surface area contributed by atoms with E-state index < -0.39 is 0 Å². The van der Waals surface area contributed by atoms with Crippen molar-refractivity contribution < 1.29 is 4.79 Å². The maximum absolute atomic E-state index is 12.0. The number of nitrogens with two attached hydrogens (primary N) is 1. The summed E-state index contributed by atoms with van der Waals surface area (Å²) in [4.78, 5) is 19.9. The Labute approximate surface area is 121 Å². The number of benzene rings is 1. The molecule has 0 saturated carbocycles. The molecule has 0 bridgehead atoms. The van der Waals surface area contributed by atoms with E-state index in [1.54, 1.807) is 30.7 Å². The van der Waals surface area contributed by atoms with E-state index in [-0.39, 0.29) is 5.91 Å². The number of carbonyl (C=O) groups is 1. The fraction of sp³-hybridized carbons (Fsp3) is 0.0625. The van der Waals surface area contributed by atoms with Crippen LogP contribution in [-0.2, 0) is 6.54 Å². The van der Waals surface area contributed by atoms with Crippen LogP contribution in [0.25, 0.3) is 10.8 Å². The van der Waals surface area contributed by atoms with E-state index in [0.29, 0.717) is 17.9 Å². The van der Waals surface area contributed by atoms with E-state index in [9.17, 15) is 4.79 Å². The lowest BCUT2D eigenvalue weighted by Gasteiger charge is -2.07. The van der Waals surface area contributed by atoms with Gasteiger partial charge in [-0.1, -0.05) is 12.1 Å². The maximum Gasteiger partial charge on any atom is 0.251 e. The van der Waals surface area contributed by atoms with Crippen molar-refractivity contribution in [1.82, 2.24) is 15.3 Å². The van der Waals surface area contributed by atoms with Gasteiger partial charge in [-0.3, -0.25) is 9.78 Å². The van der Waals surface area contributed by atoms with E-state index in [1.807, 2.05) is 24.3 Å². The average Bonchev–Trinajstić information content (AvgIpc) is 2.53. The number of pyridine rings is 2. The molecule has 5 heteroatoms. The molecule has 0 fully saturated rings. The smallest absolute Gasteiger partial charge is 0.251 e. The van der Waals surface area contributed by atoms with E-state index in [0.717, 1.165) is 16.3 Å². The van der Waals surface area contributed by atoms with Crippen LogP contribution in [0.2, 0.25) is 0 Å². The highest BCUT2D eigenvalue weighted by atomic mass is 16.1. The minimum Gasteiger partial charge on any atom is -0.383 e. The highest BCUT2D eigenvalue weighted by molar-refractivity contribution is 5.94. The third kappa shape index (κ3) is 2.81. The summed E-state index contributed by atoms with van der Waals surface area (Å²) >= 11 is 0. The van der Waals surface area contributed by atoms with Gasteiger partial charge < -0.3 is 11.1 Å². The summed E-state index contributed by atoms with van der Waals surface area (Å²) in [7, 11) is 0. The van der Waals surface area contributed by atoms with Crippen molar-refractivity contribution >= 4 is 22.5 Å². The SMILES string of the molecule is Nc1nccc2cc(CNC(=O)c3ccncc3)ccc12. The molecule has 3 aromatic rings. The standard InChI is InChI=1S/C16H14N4O/c17-15-14-2-1-11(9-13(14)5-8-19-15)10-20-16(21)12-3-6-18-7-4-12/h1-9H,10H2,(H2,17,19)(H,20,21). The first-order valence-electron chi connectivity index (χ1n) is 6.55. The molecule has 2 aromatic heterocycles. The summed E-state index contributed by atoms with van der Waals surface area (Å²) < 4.78 is 0. The molecule has 0 unspecified atom stereocenters. The van der Waals surface area contributed by atoms with E-state index >= 15 is 0 Å². The van der Waals surface area contributed by atoms with Gasteiger partial charge in [0.15, 0.2) is 0 Å². The Kier molecular flexibility index (Phi) is 3.47. The molecular formula is C16H14N4O. The quantitative estimate of drug-likeness (QED) is 0.769. The third-order valence-electron chi connectivity index (χ3n) is 3.26. The van der Waals surface area contributed by atoms with E-state index in [4.69, 9.17) is 5.73 Å². The number of fused-ring (bicyclic) bond motifs is 1. The van der Waals surface area contributed by atoms with Crippen molar-refractivity contribution in [2.75, 3.05) is 5.73 Å². The summed E-state index contributed by atoms with van der Waals surface area (Å²) in [6.45, 7) is 0.458. The van der Waals surface area contributed by atoms with Gasteiger partial charge in [0.25, 0.3) is 5.91 Å². The molecule has 0 aliphatic rings. The van der Waals surface area contributed by atoms with Gasteiger partial charge in [0.2, 0.25) is 0 Å². The Morgan fingerprint density at radius 2 is 1.90 bits per heavy atom. The molecule has 0 aliphatic carbocycles. The topological polar surface area (TPSA) is 80.9 Å². The summed E-state index contributed by atoms with van der Waals surface area (Å²) in [6.07, 6.45) is 4.87. The molecular weight excluding hydrogens is 264 g/mol. The third-order valence-corrected chi connectivity index (χ3v) is 3.26. The second kappa shape index (κ2) is 5.58. The van der Waals surface area contributed by atoms with Crippen LogP contribution in [0, 0.1) is 0 Å². The molecule has 3 rings (SSSR count). The van der Waals surface area contributed by atoms with Crippen LogP contribution >= 0.6 is 0 Å². The molecule has 0 atom stereocenters. The Morgan fingerprint density at radius 3 is 2.71 bits per heavy atom. The van der Waals surface area contributed by atoms with Crippen molar-refractivity contribution in [3.63, 3.8) is 0 Å². The Balaban J connectivity index is 1.75. The molecule has 104 valence electrons. The number of amides is 1. The van der Waals surface area contributed by atoms with Crippen LogP contribution in [0.4, 0.5) is 5.82 Å². The molecule has 0 aliphatic heterocycles. The monoisotopic (exact) mass is 278 g/mol. The number of nitrogens with zero attached hydrogens (tertiary/aromatic N) is 2. The number of hydrogen-bond donors (Lipinski definition) is 2. The van der Waals surface area contributed by atoms with Crippen LogP contribution in [0.5, 0.6) is 0 Å². The van der Waals surface area contributed by atoms with Gasteiger partial charge in [-0.2, -0.15) is 0 Å². The normalized spacial score (nSPS) is 10.5. The Hall–Kier alpha value is -2.95. The van der Waals surface area contributed by atoms with Crippen molar-refractivity contribution in [3.05, 3.63) is 66.1 Å². The van der Waals surface area contributed by atoms with Crippen molar-refractivity contribution in [2.45, 2.75) is 6.54 Å². The first kappa shape index (κ1) is 13.1. The predicted octanol–water partition coefficient (Wildman–Crippen LogP) is 2.14. The lowest BCUT2D eigenvalue weighted by atomic mass is 10.1. The molecule has 2 heterocycles. The van der Waals surface area contributed by atoms with Gasteiger partial charge in [-0.15, -0.1) is 0 Å². The van der Waals surface area contributed by atoms with Gasteiger partial charge in [0, 0.05) is 36.1 Å². The van der Waals surface area contributed by atoms with Crippen LogP contribution in [0.3, 0.4) is 0 Å². The minimum absolute atomic E-state index is 0.119. The summed E-state index contributed by atoms with van der Waals surface area (Å²) in [5.41, 5.74) is 7.42. The molecule has 1 amide bonds. The predicted molar refractivity (Wildman–Crippen MR) is 81.6 cm³/mol. The van der Waals surface area contributed by atoms with Gasteiger partial charge in [0.05, 0.1) is 0 Å². The first-order chi connectivity index (χ1) is 10.2. The number of hydrogen-bond acceptors (Lipinski definition) is 4. The van der Waals surface area contributed by atoms with Crippen molar-refractivity contribution in [1.29, 1.82) is 0 Å². The molecule has 3 N–H and O–H groups in total. The largest absolute Gasteiger partial charge is 0.383 e. The van der Waals surface area contributed by atoms with Gasteiger partial charge in [0.1, 0.15) is 5.82 Å². The first-order valence-corrected chi connectivity index (χ1v) is 6.55. The maximum atomic E-state index is 12.0.